The topological polar surface area (TPSA) is 64.6 Å². The Hall–Kier alpha value is -1.52. The average Bonchev–Trinajstić information content (AvgIpc) is 2.30. The van der Waals surface area contributed by atoms with Gasteiger partial charge in [-0.05, 0) is 53.4 Å². The maximum atomic E-state index is 12.1. The van der Waals surface area contributed by atoms with Gasteiger partial charge in [-0.1, -0.05) is 12.2 Å². The van der Waals surface area contributed by atoms with Gasteiger partial charge in [0.05, 0.1) is 12.5 Å². The van der Waals surface area contributed by atoms with Crippen molar-refractivity contribution in [3.63, 3.8) is 0 Å². The predicted molar refractivity (Wildman–Crippen MR) is 80.9 cm³/mol. The van der Waals surface area contributed by atoms with Crippen molar-refractivity contribution >= 4 is 12.1 Å². The van der Waals surface area contributed by atoms with Crippen molar-refractivity contribution in [1.82, 2.24) is 5.32 Å². The van der Waals surface area contributed by atoms with Crippen LogP contribution in [-0.4, -0.2) is 30.3 Å². The molecule has 1 N–H and O–H groups in total. The van der Waals surface area contributed by atoms with Crippen LogP contribution in [0.2, 0.25) is 0 Å². The van der Waals surface area contributed by atoms with Gasteiger partial charge in [0.15, 0.2) is 0 Å². The van der Waals surface area contributed by atoms with Crippen LogP contribution in [0.25, 0.3) is 0 Å². The molecule has 0 saturated heterocycles. The summed E-state index contributed by atoms with van der Waals surface area (Å²) in [6.07, 6.45) is 6.72. The first-order valence-electron chi connectivity index (χ1n) is 7.64. The molecule has 120 valence electrons. The van der Waals surface area contributed by atoms with Crippen molar-refractivity contribution < 1.29 is 19.1 Å². The van der Waals surface area contributed by atoms with E-state index in [4.69, 9.17) is 9.47 Å². The molecule has 1 rings (SSSR count). The molecule has 0 spiro atoms. The highest BCUT2D eigenvalue weighted by atomic mass is 16.6. The van der Waals surface area contributed by atoms with E-state index in [9.17, 15) is 9.59 Å². The number of allylic oxidation sites excluding steroid dienone is 2. The number of carbonyl (C=O) groups is 2. The number of nitrogens with one attached hydrogen (secondary N) is 1. The van der Waals surface area contributed by atoms with Crippen LogP contribution in [-0.2, 0) is 14.3 Å². The monoisotopic (exact) mass is 297 g/mol. The third kappa shape index (κ3) is 6.65. The number of alkyl carbamates (subject to hydrolysis) is 1. The maximum Gasteiger partial charge on any atom is 0.407 e. The van der Waals surface area contributed by atoms with Gasteiger partial charge in [-0.15, -0.1) is 0 Å². The predicted octanol–water partition coefficient (Wildman–Crippen LogP) is 3.19. The van der Waals surface area contributed by atoms with Crippen LogP contribution in [0.15, 0.2) is 12.2 Å². The Morgan fingerprint density at radius 1 is 1.19 bits per heavy atom. The lowest BCUT2D eigenvalue weighted by atomic mass is 9.89. The molecule has 1 aliphatic rings. The van der Waals surface area contributed by atoms with Crippen molar-refractivity contribution in [2.24, 2.45) is 5.92 Å². The molecule has 1 amide bonds. The van der Waals surface area contributed by atoms with Crippen molar-refractivity contribution in [1.29, 1.82) is 0 Å². The summed E-state index contributed by atoms with van der Waals surface area (Å²) in [6.45, 7) is 7.59. The van der Waals surface area contributed by atoms with Gasteiger partial charge in [-0.25, -0.2) is 4.79 Å². The number of rotatable bonds is 3. The van der Waals surface area contributed by atoms with Crippen LogP contribution in [0.3, 0.4) is 0 Å². The Morgan fingerprint density at radius 3 is 2.38 bits per heavy atom. The lowest BCUT2D eigenvalue weighted by Crippen LogP contribution is -2.46. The van der Waals surface area contributed by atoms with E-state index in [1.807, 2.05) is 20.8 Å². The third-order valence-electron chi connectivity index (χ3n) is 3.23. The Bertz CT molecular complexity index is 384. The lowest BCUT2D eigenvalue weighted by molar-refractivity contribution is -0.149. The number of esters is 1. The summed E-state index contributed by atoms with van der Waals surface area (Å²) >= 11 is 0. The Balaban J connectivity index is 2.73. The standard InChI is InChI=1S/C16H27NO4/c1-5-20-14(18)12-10-8-6-7-9-11-13(12)17-15(19)21-16(2,3)4/h6-7,12-13H,5,8-11H2,1-4H3,(H,17,19)/b7-6-/t12-,13+/m1/s1. The van der Waals surface area contributed by atoms with E-state index < -0.39 is 11.7 Å². The summed E-state index contributed by atoms with van der Waals surface area (Å²) in [6, 6.07) is -0.246. The molecule has 0 aromatic heterocycles. The van der Waals surface area contributed by atoms with Crippen LogP contribution < -0.4 is 5.32 Å². The lowest BCUT2D eigenvalue weighted by Gasteiger charge is -2.28. The molecular weight excluding hydrogens is 270 g/mol. The zero-order valence-electron chi connectivity index (χ0n) is 13.5. The fourth-order valence-electron chi connectivity index (χ4n) is 2.35. The van der Waals surface area contributed by atoms with E-state index >= 15 is 0 Å². The van der Waals surface area contributed by atoms with E-state index in [0.717, 1.165) is 12.8 Å². The minimum absolute atomic E-state index is 0.242. The molecular formula is C16H27NO4. The average molecular weight is 297 g/mol. The Kier molecular flexibility index (Phi) is 6.72. The molecule has 0 aromatic carbocycles. The van der Waals surface area contributed by atoms with Gasteiger partial charge in [-0.2, -0.15) is 0 Å². The van der Waals surface area contributed by atoms with E-state index in [-0.39, 0.29) is 17.9 Å². The minimum Gasteiger partial charge on any atom is -0.466 e. The molecule has 2 atom stereocenters. The van der Waals surface area contributed by atoms with E-state index in [1.54, 1.807) is 6.92 Å². The second kappa shape index (κ2) is 8.05. The van der Waals surface area contributed by atoms with Crippen molar-refractivity contribution in [2.75, 3.05) is 6.61 Å². The van der Waals surface area contributed by atoms with E-state index in [0.29, 0.717) is 19.4 Å². The van der Waals surface area contributed by atoms with Crippen LogP contribution in [0.4, 0.5) is 4.79 Å². The van der Waals surface area contributed by atoms with Crippen molar-refractivity contribution in [3.05, 3.63) is 12.2 Å². The highest BCUT2D eigenvalue weighted by Crippen LogP contribution is 2.22. The molecule has 0 aromatic rings. The summed E-state index contributed by atoms with van der Waals surface area (Å²) in [5.41, 5.74) is -0.551. The first-order valence-corrected chi connectivity index (χ1v) is 7.64. The Morgan fingerprint density at radius 2 is 1.81 bits per heavy atom. The molecule has 0 bridgehead atoms. The first kappa shape index (κ1) is 17.5. The normalized spacial score (nSPS) is 24.4. The van der Waals surface area contributed by atoms with Gasteiger partial charge in [-0.3, -0.25) is 4.79 Å². The summed E-state index contributed by atoms with van der Waals surface area (Å²) in [5.74, 6) is -0.559. The number of hydrogen-bond acceptors (Lipinski definition) is 4. The molecule has 0 saturated carbocycles. The number of carbonyl (C=O) groups excluding carboxylic acids is 2. The molecule has 0 fully saturated rings. The van der Waals surface area contributed by atoms with Crippen LogP contribution >= 0.6 is 0 Å². The smallest absolute Gasteiger partial charge is 0.407 e. The summed E-state index contributed by atoms with van der Waals surface area (Å²) in [4.78, 5) is 24.0. The zero-order chi connectivity index (χ0) is 15.9. The number of ether oxygens (including phenoxy) is 2. The summed E-state index contributed by atoms with van der Waals surface area (Å²) < 4.78 is 10.4. The molecule has 1 aliphatic carbocycles. The molecule has 0 aliphatic heterocycles. The van der Waals surface area contributed by atoms with Gasteiger partial charge < -0.3 is 14.8 Å². The van der Waals surface area contributed by atoms with Crippen molar-refractivity contribution in [3.8, 4) is 0 Å². The van der Waals surface area contributed by atoms with Crippen LogP contribution in [0.1, 0.15) is 53.4 Å². The maximum absolute atomic E-state index is 12.1. The fourth-order valence-corrected chi connectivity index (χ4v) is 2.35. The Labute approximate surface area is 127 Å². The van der Waals surface area contributed by atoms with Gasteiger partial charge in [0.2, 0.25) is 0 Å². The first-order chi connectivity index (χ1) is 9.83. The summed E-state index contributed by atoms with van der Waals surface area (Å²) in [7, 11) is 0. The second-order valence-corrected chi connectivity index (χ2v) is 6.24. The molecule has 5 heteroatoms. The van der Waals surface area contributed by atoms with E-state index in [2.05, 4.69) is 17.5 Å². The van der Waals surface area contributed by atoms with E-state index in [1.165, 1.54) is 0 Å². The highest BCUT2D eigenvalue weighted by molar-refractivity contribution is 5.75. The minimum atomic E-state index is -0.551. The number of amides is 1. The largest absolute Gasteiger partial charge is 0.466 e. The molecule has 0 unspecified atom stereocenters. The van der Waals surface area contributed by atoms with Gasteiger partial charge in [0, 0.05) is 6.04 Å². The van der Waals surface area contributed by atoms with Crippen LogP contribution in [0, 0.1) is 5.92 Å². The third-order valence-corrected chi connectivity index (χ3v) is 3.23. The second-order valence-electron chi connectivity index (χ2n) is 6.24. The number of hydrogen-bond donors (Lipinski definition) is 1. The highest BCUT2D eigenvalue weighted by Gasteiger charge is 2.31. The SMILES string of the molecule is CCOC(=O)[C@@H]1CC/C=C\CC[C@@H]1NC(=O)OC(C)(C)C. The van der Waals surface area contributed by atoms with Gasteiger partial charge in [0.1, 0.15) is 5.60 Å². The zero-order valence-corrected chi connectivity index (χ0v) is 13.5. The van der Waals surface area contributed by atoms with Crippen LogP contribution in [0.5, 0.6) is 0 Å². The summed E-state index contributed by atoms with van der Waals surface area (Å²) in [5, 5.41) is 2.84. The quantitative estimate of drug-likeness (QED) is 0.642. The fraction of sp³-hybridized carbons (Fsp3) is 0.750. The van der Waals surface area contributed by atoms with Gasteiger partial charge >= 0.3 is 12.1 Å². The molecule has 0 heterocycles. The van der Waals surface area contributed by atoms with Crippen molar-refractivity contribution in [2.45, 2.75) is 65.0 Å². The molecule has 21 heavy (non-hydrogen) atoms. The molecule has 5 nitrogen and oxygen atoms in total. The van der Waals surface area contributed by atoms with Gasteiger partial charge in [0.25, 0.3) is 0 Å². The molecule has 0 radical (unpaired) electrons.